The Kier molecular flexibility index (Phi) is 11.0. The van der Waals surface area contributed by atoms with E-state index in [1.165, 1.54) is 37.3 Å². The highest BCUT2D eigenvalue weighted by Gasteiger charge is 2.33. The van der Waals surface area contributed by atoms with Crippen LogP contribution in [0.2, 0.25) is 0 Å². The summed E-state index contributed by atoms with van der Waals surface area (Å²) >= 11 is 0. The Labute approximate surface area is 255 Å². The maximum absolute atomic E-state index is 14.1. The third-order valence-electron chi connectivity index (χ3n) is 6.50. The van der Waals surface area contributed by atoms with Crippen molar-refractivity contribution in [2.45, 2.75) is 51.1 Å². The molecule has 15 heteroatoms. The van der Waals surface area contributed by atoms with Crippen molar-refractivity contribution in [1.29, 1.82) is 0 Å². The Hall–Kier alpha value is -4.53. The van der Waals surface area contributed by atoms with Gasteiger partial charge in [0.2, 0.25) is 5.95 Å². The third kappa shape index (κ3) is 7.89. The number of carbonyl (C=O) groups excluding carboxylic acids is 1. The van der Waals surface area contributed by atoms with E-state index in [9.17, 15) is 31.9 Å². The normalized spacial score (nSPS) is 12.0. The van der Waals surface area contributed by atoms with Crippen molar-refractivity contribution in [3.8, 4) is 5.75 Å². The number of amides is 1. The van der Waals surface area contributed by atoms with Crippen LogP contribution in [0.3, 0.4) is 0 Å². The second-order valence-electron chi connectivity index (χ2n) is 10.2. The van der Waals surface area contributed by atoms with Crippen molar-refractivity contribution in [2.75, 3.05) is 41.7 Å². The minimum atomic E-state index is -4.49. The van der Waals surface area contributed by atoms with Crippen molar-refractivity contribution in [1.82, 2.24) is 14.9 Å². The van der Waals surface area contributed by atoms with E-state index in [-0.39, 0.29) is 29.6 Å². The van der Waals surface area contributed by atoms with Gasteiger partial charge in [-0.3, -0.25) is 4.31 Å². The molecule has 1 atom stereocenters. The number of carboxylic acid groups (broad SMARTS) is 1. The van der Waals surface area contributed by atoms with Crippen LogP contribution >= 0.6 is 0 Å². The van der Waals surface area contributed by atoms with E-state index >= 15 is 0 Å². The van der Waals surface area contributed by atoms with Crippen LogP contribution in [0, 0.1) is 11.6 Å². The van der Waals surface area contributed by atoms with Gasteiger partial charge in [0.15, 0.2) is 17.5 Å². The Balaban J connectivity index is 2.07. The summed E-state index contributed by atoms with van der Waals surface area (Å²) in [5.74, 6) is -3.39. The molecule has 0 aliphatic heterocycles. The minimum Gasteiger partial charge on any atom is -0.480 e. The molecular weight excluding hydrogens is 598 g/mol. The van der Waals surface area contributed by atoms with Gasteiger partial charge in [0.1, 0.15) is 17.5 Å². The van der Waals surface area contributed by atoms with E-state index in [1.54, 1.807) is 30.9 Å². The lowest BCUT2D eigenvalue weighted by Crippen LogP contribution is -2.39. The second kappa shape index (κ2) is 14.3. The Morgan fingerprint density at radius 2 is 1.66 bits per heavy atom. The highest BCUT2D eigenvalue weighted by atomic mass is 32.2. The number of rotatable bonds is 13. The number of aromatic nitrogens is 2. The fourth-order valence-corrected chi connectivity index (χ4v) is 5.88. The topological polar surface area (TPSA) is 145 Å². The maximum Gasteiger partial charge on any atom is 0.414 e. The van der Waals surface area contributed by atoms with Crippen LogP contribution < -0.4 is 19.3 Å². The van der Waals surface area contributed by atoms with Crippen molar-refractivity contribution in [3.63, 3.8) is 0 Å². The van der Waals surface area contributed by atoms with Gasteiger partial charge in [0, 0.05) is 39.6 Å². The van der Waals surface area contributed by atoms with E-state index in [4.69, 9.17) is 4.74 Å². The van der Waals surface area contributed by atoms with Gasteiger partial charge < -0.3 is 25.0 Å². The molecular formula is C29H36F2N6O6S. The molecule has 238 valence electrons. The number of hydrogen-bond acceptors (Lipinski definition) is 9. The van der Waals surface area contributed by atoms with Crippen molar-refractivity contribution in [2.24, 2.45) is 0 Å². The van der Waals surface area contributed by atoms with Crippen LogP contribution in [0.15, 0.2) is 53.6 Å². The molecule has 1 amide bonds. The van der Waals surface area contributed by atoms with Crippen molar-refractivity contribution < 1.29 is 36.6 Å². The quantitative estimate of drug-likeness (QED) is 0.278. The lowest BCUT2D eigenvalue weighted by atomic mass is 10.1. The molecule has 0 aliphatic carbocycles. The molecule has 2 N–H and O–H groups in total. The van der Waals surface area contributed by atoms with Gasteiger partial charge in [-0.05, 0) is 63.6 Å². The number of ether oxygens (including phenoxy) is 1. The second-order valence-corrected chi connectivity index (χ2v) is 12.0. The Bertz CT molecular complexity index is 1580. The Morgan fingerprint density at radius 1 is 1.02 bits per heavy atom. The zero-order chi connectivity index (χ0) is 32.8. The molecule has 2 aromatic carbocycles. The first-order valence-electron chi connectivity index (χ1n) is 13.8. The molecule has 0 bridgehead atoms. The number of nitrogens with zero attached hydrogens (tertiary/aromatic N) is 5. The monoisotopic (exact) mass is 634 g/mol. The summed E-state index contributed by atoms with van der Waals surface area (Å²) in [6.07, 6.45) is 0.628. The van der Waals surface area contributed by atoms with Crippen molar-refractivity contribution >= 4 is 39.5 Å². The SMILES string of the molecule is CCN(CC)c1ncc(N(C(C)C)S(=O)(=O)c2ccc(F)c(F)c2)c(N[C@@H](Cc2ccc(OC(=O)N(C)C)cc2)C(=O)O)n1. The molecule has 0 unspecified atom stereocenters. The van der Waals surface area contributed by atoms with Crippen LogP contribution in [-0.2, 0) is 21.2 Å². The van der Waals surface area contributed by atoms with Crippen LogP contribution in [0.4, 0.5) is 31.0 Å². The molecule has 12 nitrogen and oxygen atoms in total. The highest BCUT2D eigenvalue weighted by Crippen LogP contribution is 2.33. The average molecular weight is 635 g/mol. The number of sulfonamides is 1. The number of hydrogen-bond donors (Lipinski definition) is 2. The van der Waals surface area contributed by atoms with Crippen molar-refractivity contribution in [3.05, 3.63) is 65.9 Å². The fourth-order valence-electron chi connectivity index (χ4n) is 4.22. The lowest BCUT2D eigenvalue weighted by molar-refractivity contribution is -0.137. The molecule has 0 saturated heterocycles. The van der Waals surface area contributed by atoms with Crippen LogP contribution in [-0.4, -0.2) is 79.7 Å². The van der Waals surface area contributed by atoms with Gasteiger partial charge in [-0.2, -0.15) is 4.98 Å². The zero-order valence-electron chi connectivity index (χ0n) is 25.3. The van der Waals surface area contributed by atoms with E-state index in [1.807, 2.05) is 13.8 Å². The molecule has 1 heterocycles. The van der Waals surface area contributed by atoms with E-state index in [0.717, 1.165) is 10.4 Å². The largest absolute Gasteiger partial charge is 0.480 e. The van der Waals surface area contributed by atoms with Gasteiger partial charge in [0.25, 0.3) is 10.0 Å². The van der Waals surface area contributed by atoms with E-state index < -0.39 is 50.7 Å². The summed E-state index contributed by atoms with van der Waals surface area (Å²) in [7, 11) is -1.42. The predicted molar refractivity (Wildman–Crippen MR) is 162 cm³/mol. The highest BCUT2D eigenvalue weighted by molar-refractivity contribution is 7.92. The first-order valence-corrected chi connectivity index (χ1v) is 15.2. The van der Waals surface area contributed by atoms with E-state index in [2.05, 4.69) is 15.3 Å². The van der Waals surface area contributed by atoms with Crippen LogP contribution in [0.25, 0.3) is 0 Å². The van der Waals surface area contributed by atoms with Crippen LogP contribution in [0.1, 0.15) is 33.3 Å². The van der Waals surface area contributed by atoms with Gasteiger partial charge >= 0.3 is 12.1 Å². The molecule has 44 heavy (non-hydrogen) atoms. The summed E-state index contributed by atoms with van der Waals surface area (Å²) in [4.78, 5) is 35.7. The fraction of sp³-hybridized carbons (Fsp3) is 0.379. The summed E-state index contributed by atoms with van der Waals surface area (Å²) < 4.78 is 61.4. The van der Waals surface area contributed by atoms with Gasteiger partial charge in [0.05, 0.1) is 11.1 Å². The van der Waals surface area contributed by atoms with Gasteiger partial charge in [-0.1, -0.05) is 12.1 Å². The molecule has 0 saturated carbocycles. The standard InChI is InChI=1S/C29H36F2N6O6S/c1-7-36(8-2)28-32-17-25(37(18(3)4)44(41,42)21-13-14-22(30)23(31)16-21)26(34-28)33-24(27(38)39)15-19-9-11-20(12-10-19)43-29(40)35(5)6/h9-14,16-18,24H,7-8,15H2,1-6H3,(H,38,39)(H,32,33,34)/t24-/m0/s1. The third-order valence-corrected chi connectivity index (χ3v) is 8.49. The Morgan fingerprint density at radius 3 is 2.18 bits per heavy atom. The lowest BCUT2D eigenvalue weighted by Gasteiger charge is -2.31. The minimum absolute atomic E-state index is 0.0567. The zero-order valence-corrected chi connectivity index (χ0v) is 26.1. The molecule has 1 aromatic heterocycles. The number of benzene rings is 2. The number of halogens is 2. The summed E-state index contributed by atoms with van der Waals surface area (Å²) in [5, 5.41) is 13.0. The molecule has 0 fully saturated rings. The van der Waals surface area contributed by atoms with Gasteiger partial charge in [-0.25, -0.2) is 31.8 Å². The smallest absolute Gasteiger partial charge is 0.414 e. The number of nitrogens with one attached hydrogen (secondary N) is 1. The molecule has 0 radical (unpaired) electrons. The average Bonchev–Trinajstić information content (AvgIpc) is 2.96. The predicted octanol–water partition coefficient (Wildman–Crippen LogP) is 4.37. The molecule has 3 rings (SSSR count). The number of anilines is 3. The first kappa shape index (κ1) is 34.0. The first-order chi connectivity index (χ1) is 20.7. The number of carboxylic acids is 1. The van der Waals surface area contributed by atoms with Gasteiger partial charge in [-0.15, -0.1) is 0 Å². The number of aliphatic carboxylic acids is 1. The van der Waals surface area contributed by atoms with Crippen LogP contribution in [0.5, 0.6) is 5.75 Å². The number of carbonyl (C=O) groups is 2. The molecule has 3 aromatic rings. The maximum atomic E-state index is 14.1. The van der Waals surface area contributed by atoms with E-state index in [0.29, 0.717) is 30.8 Å². The summed E-state index contributed by atoms with van der Waals surface area (Å²) in [5.41, 5.74) is 0.488. The molecule has 0 spiro atoms. The summed E-state index contributed by atoms with van der Waals surface area (Å²) in [6.45, 7) is 7.92. The summed E-state index contributed by atoms with van der Waals surface area (Å²) in [6, 6.07) is 6.45. The molecule has 0 aliphatic rings.